The van der Waals surface area contributed by atoms with E-state index in [1.165, 1.54) is 0 Å². The Balaban J connectivity index is 1.75. The van der Waals surface area contributed by atoms with E-state index in [1.807, 2.05) is 60.7 Å². The highest BCUT2D eigenvalue weighted by Gasteiger charge is 2.20. The zero-order valence-corrected chi connectivity index (χ0v) is 13.4. The first-order valence-corrected chi connectivity index (χ1v) is 8.08. The number of aromatic nitrogens is 1. The Kier molecular flexibility index (Phi) is 5.36. The van der Waals surface area contributed by atoms with Gasteiger partial charge < -0.3 is 5.32 Å². The van der Waals surface area contributed by atoms with Crippen LogP contribution in [0.4, 0.5) is 0 Å². The van der Waals surface area contributed by atoms with Crippen molar-refractivity contribution in [2.24, 2.45) is 0 Å². The summed E-state index contributed by atoms with van der Waals surface area (Å²) in [5.41, 5.74) is 3.19. The van der Waals surface area contributed by atoms with Crippen molar-refractivity contribution in [1.29, 1.82) is 0 Å². The van der Waals surface area contributed by atoms with E-state index >= 15 is 0 Å². The molecule has 0 radical (unpaired) electrons. The highest BCUT2D eigenvalue weighted by molar-refractivity contribution is 5.84. The SMILES string of the molecule is O=C(NCc1cccnc1)C(Cc1ccccc1)c1ccccc1. The van der Waals surface area contributed by atoms with Gasteiger partial charge in [0.2, 0.25) is 5.91 Å². The quantitative estimate of drug-likeness (QED) is 0.753. The first-order valence-electron chi connectivity index (χ1n) is 8.08. The highest BCUT2D eigenvalue weighted by Crippen LogP contribution is 2.21. The molecule has 0 aliphatic carbocycles. The number of benzene rings is 2. The summed E-state index contributed by atoms with van der Waals surface area (Å²) in [7, 11) is 0. The van der Waals surface area contributed by atoms with Gasteiger partial charge in [0.15, 0.2) is 0 Å². The van der Waals surface area contributed by atoms with Gasteiger partial charge in [-0.2, -0.15) is 0 Å². The zero-order chi connectivity index (χ0) is 16.6. The minimum Gasteiger partial charge on any atom is -0.351 e. The standard InChI is InChI=1S/C21H20N2O/c24-21(23-16-18-10-7-13-22-15-18)20(19-11-5-2-6-12-19)14-17-8-3-1-4-9-17/h1-13,15,20H,14,16H2,(H,23,24). The number of carbonyl (C=O) groups is 1. The number of pyridine rings is 1. The fourth-order valence-corrected chi connectivity index (χ4v) is 2.71. The molecule has 3 heteroatoms. The number of amides is 1. The molecule has 1 atom stereocenters. The number of rotatable bonds is 6. The Morgan fingerprint density at radius 2 is 1.54 bits per heavy atom. The van der Waals surface area contributed by atoms with E-state index in [0.29, 0.717) is 13.0 Å². The lowest BCUT2D eigenvalue weighted by Crippen LogP contribution is -2.30. The largest absolute Gasteiger partial charge is 0.351 e. The average molecular weight is 316 g/mol. The molecule has 3 rings (SSSR count). The molecule has 0 spiro atoms. The fourth-order valence-electron chi connectivity index (χ4n) is 2.71. The third kappa shape index (κ3) is 4.29. The lowest BCUT2D eigenvalue weighted by molar-refractivity contribution is -0.122. The molecule has 24 heavy (non-hydrogen) atoms. The van der Waals surface area contributed by atoms with Gasteiger partial charge in [-0.3, -0.25) is 9.78 Å². The highest BCUT2D eigenvalue weighted by atomic mass is 16.1. The first kappa shape index (κ1) is 15.9. The van der Waals surface area contributed by atoms with Gasteiger partial charge in [0.05, 0.1) is 5.92 Å². The van der Waals surface area contributed by atoms with Gasteiger partial charge >= 0.3 is 0 Å². The second-order valence-electron chi connectivity index (χ2n) is 5.73. The molecule has 1 amide bonds. The van der Waals surface area contributed by atoms with Crippen LogP contribution in [0.15, 0.2) is 85.2 Å². The van der Waals surface area contributed by atoms with Gasteiger partial charge in [-0.1, -0.05) is 66.7 Å². The molecular formula is C21H20N2O. The van der Waals surface area contributed by atoms with Crippen LogP contribution in [0.25, 0.3) is 0 Å². The van der Waals surface area contributed by atoms with Crippen LogP contribution in [0, 0.1) is 0 Å². The van der Waals surface area contributed by atoms with Gasteiger partial charge in [-0.25, -0.2) is 0 Å². The molecule has 2 aromatic carbocycles. The molecular weight excluding hydrogens is 296 g/mol. The van der Waals surface area contributed by atoms with E-state index in [0.717, 1.165) is 16.7 Å². The van der Waals surface area contributed by atoms with Crippen molar-refractivity contribution in [3.63, 3.8) is 0 Å². The van der Waals surface area contributed by atoms with Gasteiger partial charge in [-0.15, -0.1) is 0 Å². The predicted octanol–water partition coefficient (Wildman–Crippen LogP) is 3.72. The van der Waals surface area contributed by atoms with Gasteiger partial charge in [0.1, 0.15) is 0 Å². The monoisotopic (exact) mass is 316 g/mol. The topological polar surface area (TPSA) is 42.0 Å². The smallest absolute Gasteiger partial charge is 0.228 e. The summed E-state index contributed by atoms with van der Waals surface area (Å²) in [6.07, 6.45) is 4.19. The van der Waals surface area contributed by atoms with E-state index in [4.69, 9.17) is 0 Å². The third-order valence-corrected chi connectivity index (χ3v) is 3.99. The van der Waals surface area contributed by atoms with Crippen LogP contribution in [0.3, 0.4) is 0 Å². The predicted molar refractivity (Wildman–Crippen MR) is 95.4 cm³/mol. The number of carbonyl (C=O) groups excluding carboxylic acids is 1. The molecule has 3 aromatic rings. The third-order valence-electron chi connectivity index (χ3n) is 3.99. The van der Waals surface area contributed by atoms with Crippen LogP contribution in [0.5, 0.6) is 0 Å². The molecule has 0 saturated carbocycles. The minimum atomic E-state index is -0.203. The van der Waals surface area contributed by atoms with Crippen molar-refractivity contribution in [2.75, 3.05) is 0 Å². The molecule has 0 aliphatic rings. The molecule has 1 aromatic heterocycles. The van der Waals surface area contributed by atoms with E-state index in [9.17, 15) is 4.79 Å². The van der Waals surface area contributed by atoms with Crippen molar-refractivity contribution >= 4 is 5.91 Å². The number of nitrogens with zero attached hydrogens (tertiary/aromatic N) is 1. The number of hydrogen-bond acceptors (Lipinski definition) is 2. The summed E-state index contributed by atoms with van der Waals surface area (Å²) in [5, 5.41) is 3.04. The van der Waals surface area contributed by atoms with Crippen molar-refractivity contribution in [1.82, 2.24) is 10.3 Å². The molecule has 0 saturated heterocycles. The second kappa shape index (κ2) is 8.06. The van der Waals surface area contributed by atoms with Crippen molar-refractivity contribution < 1.29 is 4.79 Å². The fraction of sp³-hybridized carbons (Fsp3) is 0.143. The van der Waals surface area contributed by atoms with E-state index in [-0.39, 0.29) is 11.8 Å². The average Bonchev–Trinajstić information content (AvgIpc) is 2.66. The van der Waals surface area contributed by atoms with Crippen molar-refractivity contribution in [3.05, 3.63) is 102 Å². The van der Waals surface area contributed by atoms with Gasteiger partial charge in [0, 0.05) is 18.9 Å². The summed E-state index contributed by atoms with van der Waals surface area (Å²) < 4.78 is 0. The number of nitrogens with one attached hydrogen (secondary N) is 1. The zero-order valence-electron chi connectivity index (χ0n) is 13.4. The molecule has 1 N–H and O–H groups in total. The van der Waals surface area contributed by atoms with Crippen LogP contribution in [-0.4, -0.2) is 10.9 Å². The van der Waals surface area contributed by atoms with Gasteiger partial charge in [-0.05, 0) is 29.2 Å². The van der Waals surface area contributed by atoms with Crippen molar-refractivity contribution in [3.8, 4) is 0 Å². The minimum absolute atomic E-state index is 0.0360. The molecule has 0 bridgehead atoms. The molecule has 1 heterocycles. The second-order valence-corrected chi connectivity index (χ2v) is 5.73. The maximum absolute atomic E-state index is 12.8. The lowest BCUT2D eigenvalue weighted by Gasteiger charge is -2.17. The Hall–Kier alpha value is -2.94. The molecule has 3 nitrogen and oxygen atoms in total. The van der Waals surface area contributed by atoms with E-state index in [1.54, 1.807) is 12.4 Å². The summed E-state index contributed by atoms with van der Waals surface area (Å²) in [6.45, 7) is 0.491. The summed E-state index contributed by atoms with van der Waals surface area (Å²) in [5.74, 6) is -0.167. The summed E-state index contributed by atoms with van der Waals surface area (Å²) in [6, 6.07) is 23.9. The first-order chi connectivity index (χ1) is 11.8. The van der Waals surface area contributed by atoms with Gasteiger partial charge in [0.25, 0.3) is 0 Å². The molecule has 1 unspecified atom stereocenters. The van der Waals surface area contributed by atoms with E-state index in [2.05, 4.69) is 22.4 Å². The molecule has 0 fully saturated rings. The maximum atomic E-state index is 12.8. The summed E-state index contributed by atoms with van der Waals surface area (Å²) in [4.78, 5) is 16.9. The maximum Gasteiger partial charge on any atom is 0.228 e. The lowest BCUT2D eigenvalue weighted by atomic mass is 9.91. The molecule has 120 valence electrons. The Morgan fingerprint density at radius 3 is 2.21 bits per heavy atom. The van der Waals surface area contributed by atoms with E-state index < -0.39 is 0 Å². The normalized spacial score (nSPS) is 11.7. The Morgan fingerprint density at radius 1 is 0.875 bits per heavy atom. The summed E-state index contributed by atoms with van der Waals surface area (Å²) >= 11 is 0. The van der Waals surface area contributed by atoms with Crippen LogP contribution < -0.4 is 5.32 Å². The van der Waals surface area contributed by atoms with Crippen LogP contribution in [0.1, 0.15) is 22.6 Å². The Labute approximate surface area is 142 Å². The van der Waals surface area contributed by atoms with Crippen LogP contribution >= 0.6 is 0 Å². The van der Waals surface area contributed by atoms with Crippen LogP contribution in [-0.2, 0) is 17.8 Å². The van der Waals surface area contributed by atoms with Crippen LogP contribution in [0.2, 0.25) is 0 Å². The van der Waals surface area contributed by atoms with Crippen molar-refractivity contribution in [2.45, 2.75) is 18.9 Å². The number of hydrogen-bond donors (Lipinski definition) is 1. The Bertz CT molecular complexity index is 758. The molecule has 0 aliphatic heterocycles.